The number of hydrogen-bond acceptors (Lipinski definition) is 5. The van der Waals surface area contributed by atoms with Gasteiger partial charge in [-0.2, -0.15) is 11.3 Å². The van der Waals surface area contributed by atoms with E-state index in [2.05, 4.69) is 4.98 Å². The number of para-hydroxylation sites is 1. The molecule has 19 heavy (non-hydrogen) atoms. The minimum absolute atomic E-state index is 0.200. The van der Waals surface area contributed by atoms with Crippen LogP contribution in [0.2, 0.25) is 0 Å². The van der Waals surface area contributed by atoms with Crippen LogP contribution in [0.25, 0.3) is 16.7 Å². The van der Waals surface area contributed by atoms with E-state index in [0.717, 1.165) is 5.69 Å². The molecule has 0 saturated carbocycles. The number of nitrogens with two attached hydrogens (primary N) is 1. The number of sulfone groups is 1. The summed E-state index contributed by atoms with van der Waals surface area (Å²) in [5.41, 5.74) is 7.91. The van der Waals surface area contributed by atoms with E-state index in [9.17, 15) is 8.42 Å². The van der Waals surface area contributed by atoms with Crippen molar-refractivity contribution in [2.45, 2.75) is 4.90 Å². The van der Waals surface area contributed by atoms with Gasteiger partial charge in [0.1, 0.15) is 5.52 Å². The maximum absolute atomic E-state index is 11.8. The van der Waals surface area contributed by atoms with Gasteiger partial charge in [-0.15, -0.1) is 0 Å². The largest absolute Gasteiger partial charge is 0.369 e. The number of fused-ring (bicyclic) bond motifs is 1. The molecule has 0 amide bonds. The summed E-state index contributed by atoms with van der Waals surface area (Å²) in [5.74, 6) is 0.282. The quantitative estimate of drug-likeness (QED) is 0.784. The topological polar surface area (TPSA) is 78.0 Å². The number of hydrogen-bond donors (Lipinski definition) is 1. The van der Waals surface area contributed by atoms with E-state index in [0.29, 0.717) is 11.0 Å². The fraction of sp³-hybridized carbons (Fsp3) is 0.0833. The van der Waals surface area contributed by atoms with E-state index in [4.69, 9.17) is 5.73 Å². The van der Waals surface area contributed by atoms with Crippen LogP contribution in [0, 0.1) is 0 Å². The fourth-order valence-corrected chi connectivity index (χ4v) is 3.49. The first-order valence-electron chi connectivity index (χ1n) is 5.48. The van der Waals surface area contributed by atoms with Gasteiger partial charge in [-0.3, -0.25) is 4.57 Å². The Morgan fingerprint density at radius 2 is 2.11 bits per heavy atom. The number of aromatic nitrogens is 2. The molecule has 0 radical (unpaired) electrons. The lowest BCUT2D eigenvalue weighted by molar-refractivity contribution is 0.602. The number of imidazole rings is 1. The summed E-state index contributed by atoms with van der Waals surface area (Å²) in [7, 11) is -3.33. The first kappa shape index (κ1) is 12.2. The van der Waals surface area contributed by atoms with Crippen molar-refractivity contribution in [3.63, 3.8) is 0 Å². The van der Waals surface area contributed by atoms with Gasteiger partial charge in [0.15, 0.2) is 9.84 Å². The van der Waals surface area contributed by atoms with Crippen molar-refractivity contribution in [2.24, 2.45) is 0 Å². The van der Waals surface area contributed by atoms with Crippen LogP contribution >= 0.6 is 11.3 Å². The van der Waals surface area contributed by atoms with E-state index in [-0.39, 0.29) is 10.8 Å². The highest BCUT2D eigenvalue weighted by molar-refractivity contribution is 7.91. The second-order valence-corrected chi connectivity index (χ2v) is 6.95. The summed E-state index contributed by atoms with van der Waals surface area (Å²) in [4.78, 5) is 4.40. The van der Waals surface area contributed by atoms with E-state index in [1.54, 1.807) is 28.0 Å². The Kier molecular flexibility index (Phi) is 2.61. The average Bonchev–Trinajstić information content (AvgIpc) is 2.92. The Morgan fingerprint density at radius 3 is 2.74 bits per heavy atom. The molecule has 3 aromatic rings. The second kappa shape index (κ2) is 4.07. The molecule has 7 heteroatoms. The van der Waals surface area contributed by atoms with Crippen LogP contribution in [0.15, 0.2) is 39.9 Å². The van der Waals surface area contributed by atoms with Crippen molar-refractivity contribution in [2.75, 3.05) is 12.0 Å². The number of benzene rings is 1. The molecule has 0 spiro atoms. The second-order valence-electron chi connectivity index (χ2n) is 4.18. The molecule has 0 bridgehead atoms. The van der Waals surface area contributed by atoms with E-state index in [1.165, 1.54) is 6.26 Å². The van der Waals surface area contributed by atoms with Crippen LogP contribution in [0.4, 0.5) is 5.95 Å². The maximum Gasteiger partial charge on any atom is 0.206 e. The third kappa shape index (κ3) is 1.91. The van der Waals surface area contributed by atoms with Gasteiger partial charge in [-0.25, -0.2) is 13.4 Å². The summed E-state index contributed by atoms with van der Waals surface area (Å²) in [6, 6.07) is 6.96. The zero-order chi connectivity index (χ0) is 13.6. The number of rotatable bonds is 2. The summed E-state index contributed by atoms with van der Waals surface area (Å²) < 4.78 is 25.3. The van der Waals surface area contributed by atoms with Gasteiger partial charge < -0.3 is 5.73 Å². The third-order valence-corrected chi connectivity index (χ3v) is 4.64. The van der Waals surface area contributed by atoms with Crippen molar-refractivity contribution in [3.05, 3.63) is 35.0 Å². The lowest BCUT2D eigenvalue weighted by Crippen LogP contribution is -1.99. The number of nitrogens with zero attached hydrogens (tertiary/aromatic N) is 2. The zero-order valence-electron chi connectivity index (χ0n) is 10.1. The lowest BCUT2D eigenvalue weighted by Gasteiger charge is -2.03. The van der Waals surface area contributed by atoms with Crippen LogP contribution in [0.5, 0.6) is 0 Å². The predicted octanol–water partition coefficient (Wildman–Crippen LogP) is 2.07. The van der Waals surface area contributed by atoms with Gasteiger partial charge >= 0.3 is 0 Å². The minimum Gasteiger partial charge on any atom is -0.369 e. The van der Waals surface area contributed by atoms with Crippen molar-refractivity contribution in [1.29, 1.82) is 0 Å². The van der Waals surface area contributed by atoms with E-state index in [1.807, 2.05) is 22.9 Å². The third-order valence-electron chi connectivity index (χ3n) is 2.84. The van der Waals surface area contributed by atoms with Gasteiger partial charge in [0.05, 0.1) is 16.1 Å². The number of thiophene rings is 1. The summed E-state index contributed by atoms with van der Waals surface area (Å²) >= 11 is 1.54. The van der Waals surface area contributed by atoms with Crippen molar-refractivity contribution >= 4 is 38.2 Å². The van der Waals surface area contributed by atoms with Gasteiger partial charge in [0, 0.05) is 11.6 Å². The highest BCUT2D eigenvalue weighted by Gasteiger charge is 2.18. The predicted molar refractivity (Wildman–Crippen MR) is 76.5 cm³/mol. The lowest BCUT2D eigenvalue weighted by atomic mass is 10.3. The van der Waals surface area contributed by atoms with Gasteiger partial charge in [-0.05, 0) is 23.6 Å². The van der Waals surface area contributed by atoms with E-state index >= 15 is 0 Å². The normalized spacial score (nSPS) is 12.1. The van der Waals surface area contributed by atoms with Gasteiger partial charge in [0.2, 0.25) is 5.95 Å². The standard InChI is InChI=1S/C12H11N3O2S2/c1-19(16,17)10-4-2-3-9-11(10)14-12(13)15(9)8-5-6-18-7-8/h2-7H,1H3,(H2,13,14). The molecule has 5 nitrogen and oxygen atoms in total. The molecule has 2 N–H and O–H groups in total. The van der Waals surface area contributed by atoms with Crippen LogP contribution in [0.3, 0.4) is 0 Å². The fourth-order valence-electron chi connectivity index (χ4n) is 2.05. The van der Waals surface area contributed by atoms with Crippen LogP contribution in [-0.2, 0) is 9.84 Å². The molecule has 0 aliphatic carbocycles. The maximum atomic E-state index is 11.8. The molecule has 0 atom stereocenters. The Morgan fingerprint density at radius 1 is 1.32 bits per heavy atom. The molecule has 0 unspecified atom stereocenters. The Labute approximate surface area is 114 Å². The Bertz CT molecular complexity index is 849. The monoisotopic (exact) mass is 293 g/mol. The van der Waals surface area contributed by atoms with Gasteiger partial charge in [-0.1, -0.05) is 6.07 Å². The Balaban J connectivity index is 2.42. The van der Waals surface area contributed by atoms with Crippen LogP contribution < -0.4 is 5.73 Å². The van der Waals surface area contributed by atoms with Crippen LogP contribution in [-0.4, -0.2) is 24.2 Å². The van der Waals surface area contributed by atoms with E-state index < -0.39 is 9.84 Å². The molecular weight excluding hydrogens is 282 g/mol. The first-order chi connectivity index (χ1) is 8.98. The summed E-state index contributed by atoms with van der Waals surface area (Å²) in [6.07, 6.45) is 1.17. The van der Waals surface area contributed by atoms with Crippen molar-refractivity contribution in [1.82, 2.24) is 9.55 Å². The molecule has 0 aliphatic heterocycles. The molecule has 1 aromatic carbocycles. The molecule has 0 fully saturated rings. The molecule has 2 heterocycles. The SMILES string of the molecule is CS(=O)(=O)c1cccc2c1nc(N)n2-c1ccsc1. The first-order valence-corrected chi connectivity index (χ1v) is 8.31. The van der Waals surface area contributed by atoms with Crippen molar-refractivity contribution < 1.29 is 8.42 Å². The highest BCUT2D eigenvalue weighted by Crippen LogP contribution is 2.28. The van der Waals surface area contributed by atoms with Crippen LogP contribution in [0.1, 0.15) is 0 Å². The number of nitrogen functional groups attached to an aromatic ring is 1. The summed E-state index contributed by atoms with van der Waals surface area (Å²) in [5, 5.41) is 3.87. The molecule has 3 rings (SSSR count). The molecular formula is C12H11N3O2S2. The smallest absolute Gasteiger partial charge is 0.206 e. The Hall–Kier alpha value is -1.86. The average molecular weight is 293 g/mol. The minimum atomic E-state index is -3.33. The molecule has 98 valence electrons. The summed E-state index contributed by atoms with van der Waals surface area (Å²) in [6.45, 7) is 0. The molecule has 0 saturated heterocycles. The van der Waals surface area contributed by atoms with Crippen molar-refractivity contribution in [3.8, 4) is 5.69 Å². The zero-order valence-corrected chi connectivity index (χ0v) is 11.7. The molecule has 0 aliphatic rings. The highest BCUT2D eigenvalue weighted by atomic mass is 32.2. The molecule has 2 aromatic heterocycles. The number of anilines is 1. The van der Waals surface area contributed by atoms with Gasteiger partial charge in [0.25, 0.3) is 0 Å².